The molecule has 0 aliphatic rings. The first-order chi connectivity index (χ1) is 13.4. The molecule has 2 rings (SSSR count). The van der Waals surface area contributed by atoms with Gasteiger partial charge in [0.25, 0.3) is 11.8 Å². The average Bonchev–Trinajstić information content (AvgIpc) is 2.67. The average molecular weight is 382 g/mol. The van der Waals surface area contributed by atoms with E-state index in [9.17, 15) is 14.4 Å². The largest absolute Gasteiger partial charge is 0.455 e. The number of rotatable bonds is 8. The Morgan fingerprint density at radius 2 is 1.68 bits per heavy atom. The van der Waals surface area contributed by atoms with E-state index in [1.165, 1.54) is 0 Å². The van der Waals surface area contributed by atoms with Gasteiger partial charge in [-0.2, -0.15) is 0 Å². The second-order valence-corrected chi connectivity index (χ2v) is 6.96. The molecule has 28 heavy (non-hydrogen) atoms. The summed E-state index contributed by atoms with van der Waals surface area (Å²) in [7, 11) is 0. The zero-order valence-corrected chi connectivity index (χ0v) is 16.5. The molecule has 0 radical (unpaired) electrons. The molecule has 2 N–H and O–H groups in total. The normalized spacial score (nSPS) is 10.4. The lowest BCUT2D eigenvalue weighted by Gasteiger charge is -2.13. The number of para-hydroxylation sites is 1. The van der Waals surface area contributed by atoms with Gasteiger partial charge in [0.15, 0.2) is 6.61 Å². The molecule has 0 atom stereocenters. The van der Waals surface area contributed by atoms with Gasteiger partial charge < -0.3 is 15.4 Å². The van der Waals surface area contributed by atoms with Gasteiger partial charge in [0.2, 0.25) is 0 Å². The summed E-state index contributed by atoms with van der Waals surface area (Å²) in [5.41, 5.74) is 2.59. The minimum absolute atomic E-state index is 0.105. The lowest BCUT2D eigenvalue weighted by molar-refractivity contribution is -0.146. The number of nitrogens with one attached hydrogen (secondary N) is 2. The van der Waals surface area contributed by atoms with Crippen LogP contribution < -0.4 is 10.6 Å². The number of benzene rings is 2. The number of hydrogen-bond donors (Lipinski definition) is 2. The van der Waals surface area contributed by atoms with E-state index in [1.54, 1.807) is 24.3 Å². The Kier molecular flexibility index (Phi) is 7.75. The number of ether oxygens (including phenoxy) is 1. The maximum atomic E-state index is 12.3. The first-order valence-corrected chi connectivity index (χ1v) is 9.24. The molecule has 2 amide bonds. The van der Waals surface area contributed by atoms with Crippen molar-refractivity contribution in [1.82, 2.24) is 5.32 Å². The Morgan fingerprint density at radius 3 is 2.39 bits per heavy atom. The highest BCUT2D eigenvalue weighted by Crippen LogP contribution is 2.15. The highest BCUT2D eigenvalue weighted by molar-refractivity contribution is 6.04. The van der Waals surface area contributed by atoms with Crippen molar-refractivity contribution in [3.8, 4) is 0 Å². The molecule has 0 bridgehead atoms. The molecule has 6 nitrogen and oxygen atoms in total. The monoisotopic (exact) mass is 382 g/mol. The number of carbonyl (C=O) groups is 3. The van der Waals surface area contributed by atoms with Gasteiger partial charge >= 0.3 is 5.97 Å². The molecule has 0 heterocycles. The number of hydrogen-bond acceptors (Lipinski definition) is 4. The van der Waals surface area contributed by atoms with Crippen molar-refractivity contribution in [2.45, 2.75) is 27.2 Å². The van der Waals surface area contributed by atoms with Gasteiger partial charge in [-0.3, -0.25) is 14.4 Å². The molecule has 0 aliphatic heterocycles. The SMILES string of the molecule is Cc1ccccc1CC(=O)OCC(=O)Nc1ccccc1C(=O)NCC(C)C. The molecule has 0 fully saturated rings. The highest BCUT2D eigenvalue weighted by atomic mass is 16.5. The van der Waals surface area contributed by atoms with E-state index >= 15 is 0 Å². The quantitative estimate of drug-likeness (QED) is 0.687. The van der Waals surface area contributed by atoms with Gasteiger partial charge in [0, 0.05) is 6.54 Å². The van der Waals surface area contributed by atoms with Gasteiger partial charge in [-0.05, 0) is 36.1 Å². The second-order valence-electron chi connectivity index (χ2n) is 6.96. The molecule has 148 valence electrons. The van der Waals surface area contributed by atoms with E-state index in [1.807, 2.05) is 45.0 Å². The van der Waals surface area contributed by atoms with Crippen LogP contribution in [0.3, 0.4) is 0 Å². The first-order valence-electron chi connectivity index (χ1n) is 9.24. The van der Waals surface area contributed by atoms with Gasteiger partial charge in [0.1, 0.15) is 0 Å². The predicted molar refractivity (Wildman–Crippen MR) is 108 cm³/mol. The minimum Gasteiger partial charge on any atom is -0.455 e. The summed E-state index contributed by atoms with van der Waals surface area (Å²) in [4.78, 5) is 36.4. The molecule has 2 aromatic carbocycles. The van der Waals surface area contributed by atoms with E-state index in [0.29, 0.717) is 23.7 Å². The van der Waals surface area contributed by atoms with Crippen LogP contribution in [0.5, 0.6) is 0 Å². The maximum Gasteiger partial charge on any atom is 0.310 e. The second kappa shape index (κ2) is 10.3. The van der Waals surface area contributed by atoms with Crippen LogP contribution in [-0.4, -0.2) is 30.9 Å². The predicted octanol–water partition coefficient (Wildman–Crippen LogP) is 3.11. The third-order valence-corrected chi connectivity index (χ3v) is 4.08. The lowest BCUT2D eigenvalue weighted by atomic mass is 10.1. The Labute approximate surface area is 165 Å². The van der Waals surface area contributed by atoms with E-state index in [0.717, 1.165) is 11.1 Å². The van der Waals surface area contributed by atoms with Crippen molar-refractivity contribution in [3.05, 3.63) is 65.2 Å². The molecule has 2 aromatic rings. The van der Waals surface area contributed by atoms with Crippen LogP contribution in [0.2, 0.25) is 0 Å². The van der Waals surface area contributed by atoms with Crippen LogP contribution in [0, 0.1) is 12.8 Å². The van der Waals surface area contributed by atoms with Crippen molar-refractivity contribution in [2.75, 3.05) is 18.5 Å². The summed E-state index contributed by atoms with van der Waals surface area (Å²) in [6.07, 6.45) is 0.105. The van der Waals surface area contributed by atoms with Crippen LogP contribution in [-0.2, 0) is 20.7 Å². The van der Waals surface area contributed by atoms with Gasteiger partial charge in [0.05, 0.1) is 17.7 Å². The minimum atomic E-state index is -0.498. The summed E-state index contributed by atoms with van der Waals surface area (Å²) in [6.45, 7) is 6.04. The van der Waals surface area contributed by atoms with E-state index in [2.05, 4.69) is 10.6 Å². The van der Waals surface area contributed by atoms with Crippen LogP contribution in [0.4, 0.5) is 5.69 Å². The van der Waals surface area contributed by atoms with Gasteiger partial charge in [-0.1, -0.05) is 50.2 Å². The first kappa shape index (κ1) is 21.2. The lowest BCUT2D eigenvalue weighted by Crippen LogP contribution is -2.29. The molecule has 6 heteroatoms. The third kappa shape index (κ3) is 6.54. The fourth-order valence-corrected chi connectivity index (χ4v) is 2.53. The zero-order valence-electron chi connectivity index (χ0n) is 16.5. The van der Waals surface area contributed by atoms with Crippen molar-refractivity contribution < 1.29 is 19.1 Å². The zero-order chi connectivity index (χ0) is 20.5. The fraction of sp³-hybridized carbons (Fsp3) is 0.318. The molecular weight excluding hydrogens is 356 g/mol. The topological polar surface area (TPSA) is 84.5 Å². The highest BCUT2D eigenvalue weighted by Gasteiger charge is 2.15. The fourth-order valence-electron chi connectivity index (χ4n) is 2.53. The summed E-state index contributed by atoms with van der Waals surface area (Å²) in [6, 6.07) is 14.2. The Hall–Kier alpha value is -3.15. The molecule has 0 spiro atoms. The maximum absolute atomic E-state index is 12.3. The Bertz CT molecular complexity index is 846. The van der Waals surface area contributed by atoms with Gasteiger partial charge in [-0.25, -0.2) is 0 Å². The van der Waals surface area contributed by atoms with Crippen LogP contribution in [0.15, 0.2) is 48.5 Å². The Morgan fingerprint density at radius 1 is 1.00 bits per heavy atom. The number of carbonyl (C=O) groups excluding carboxylic acids is 3. The smallest absolute Gasteiger partial charge is 0.310 e. The third-order valence-electron chi connectivity index (χ3n) is 4.08. The summed E-state index contributed by atoms with van der Waals surface area (Å²) in [5, 5.41) is 5.45. The van der Waals surface area contributed by atoms with Crippen molar-refractivity contribution in [3.63, 3.8) is 0 Å². The van der Waals surface area contributed by atoms with Gasteiger partial charge in [-0.15, -0.1) is 0 Å². The summed E-state index contributed by atoms with van der Waals surface area (Å²) in [5.74, 6) is -0.922. The number of anilines is 1. The Balaban J connectivity index is 1.90. The van der Waals surface area contributed by atoms with E-state index in [-0.39, 0.29) is 12.3 Å². The van der Waals surface area contributed by atoms with Crippen molar-refractivity contribution in [2.24, 2.45) is 5.92 Å². The van der Waals surface area contributed by atoms with Crippen molar-refractivity contribution >= 4 is 23.5 Å². The molecule has 0 aliphatic carbocycles. The number of aryl methyl sites for hydroxylation is 1. The molecule has 0 saturated carbocycles. The molecule has 0 saturated heterocycles. The number of esters is 1. The number of amides is 2. The van der Waals surface area contributed by atoms with Crippen LogP contribution in [0.1, 0.15) is 35.3 Å². The van der Waals surface area contributed by atoms with E-state index < -0.39 is 18.5 Å². The molecular formula is C22H26N2O4. The summed E-state index contributed by atoms with van der Waals surface area (Å²) >= 11 is 0. The van der Waals surface area contributed by atoms with E-state index in [4.69, 9.17) is 4.74 Å². The molecule has 0 aromatic heterocycles. The summed E-state index contributed by atoms with van der Waals surface area (Å²) < 4.78 is 5.06. The molecule has 0 unspecified atom stereocenters. The van der Waals surface area contributed by atoms with Crippen LogP contribution in [0.25, 0.3) is 0 Å². The van der Waals surface area contributed by atoms with Crippen molar-refractivity contribution in [1.29, 1.82) is 0 Å². The standard InChI is InChI=1S/C22H26N2O4/c1-15(2)13-23-22(27)18-10-6-7-11-19(18)24-20(25)14-28-21(26)12-17-9-5-4-8-16(17)3/h4-11,15H,12-14H2,1-3H3,(H,23,27)(H,24,25). The van der Waals surface area contributed by atoms with Crippen LogP contribution >= 0.6 is 0 Å².